The molecule has 2 atom stereocenters. The minimum Gasteiger partial charge on any atom is -0.495 e. The van der Waals surface area contributed by atoms with E-state index in [1.165, 1.54) is 11.1 Å². The van der Waals surface area contributed by atoms with Crippen LogP contribution in [-0.2, 0) is 0 Å². The largest absolute Gasteiger partial charge is 0.495 e. The molecule has 4 rings (SSSR count). The summed E-state index contributed by atoms with van der Waals surface area (Å²) in [4.78, 5) is 18.6. The summed E-state index contributed by atoms with van der Waals surface area (Å²) in [5.74, 6) is 1.06. The van der Waals surface area contributed by atoms with E-state index in [0.29, 0.717) is 5.76 Å². The van der Waals surface area contributed by atoms with Gasteiger partial charge in [-0.25, -0.2) is 0 Å². The number of methoxy groups -OCH3 is 1. The van der Waals surface area contributed by atoms with Gasteiger partial charge in [0.15, 0.2) is 5.76 Å². The molecule has 0 saturated carbocycles. The molecule has 0 unspecified atom stereocenters. The van der Waals surface area contributed by atoms with Crippen LogP contribution in [0.5, 0.6) is 5.75 Å². The molecular weight excluding hydrogens is 398 g/mol. The monoisotopic (exact) mass is 425 g/mol. The lowest BCUT2D eigenvalue weighted by atomic mass is 10.0. The Morgan fingerprint density at radius 2 is 1.90 bits per heavy atom. The lowest BCUT2D eigenvalue weighted by Crippen LogP contribution is -2.52. The van der Waals surface area contributed by atoms with Crippen LogP contribution in [0, 0.1) is 0 Å². The topological polar surface area (TPSA) is 58.0 Å². The molecule has 30 heavy (non-hydrogen) atoms. The Morgan fingerprint density at radius 1 is 1.10 bits per heavy atom. The van der Waals surface area contributed by atoms with E-state index >= 15 is 0 Å². The fourth-order valence-corrected chi connectivity index (χ4v) is 5.06. The molecule has 1 N–H and O–H groups in total. The summed E-state index contributed by atoms with van der Waals surface area (Å²) in [6.07, 6.45) is 1.52. The summed E-state index contributed by atoms with van der Waals surface area (Å²) in [5, 5.41) is 5.22. The van der Waals surface area contributed by atoms with Crippen LogP contribution < -0.4 is 15.0 Å². The van der Waals surface area contributed by atoms with Crippen LogP contribution in [0.15, 0.2) is 64.6 Å². The number of carbonyl (C=O) groups is 1. The number of nitrogens with one attached hydrogen (secondary N) is 1. The van der Waals surface area contributed by atoms with Crippen molar-refractivity contribution in [2.75, 3.05) is 38.2 Å². The van der Waals surface area contributed by atoms with Crippen molar-refractivity contribution >= 4 is 22.9 Å². The molecule has 1 amide bonds. The number of para-hydroxylation sites is 2. The van der Waals surface area contributed by atoms with Crippen molar-refractivity contribution in [1.82, 2.24) is 10.2 Å². The second-order valence-corrected chi connectivity index (χ2v) is 8.37. The highest BCUT2D eigenvalue weighted by molar-refractivity contribution is 7.10. The van der Waals surface area contributed by atoms with E-state index in [9.17, 15) is 4.79 Å². The van der Waals surface area contributed by atoms with Crippen molar-refractivity contribution in [2.45, 2.75) is 19.0 Å². The number of piperazine rings is 1. The van der Waals surface area contributed by atoms with E-state index in [1.807, 2.05) is 18.2 Å². The number of nitrogens with zero attached hydrogens (tertiary/aromatic N) is 2. The molecule has 2 aromatic heterocycles. The lowest BCUT2D eigenvalue weighted by molar-refractivity contribution is 0.0863. The van der Waals surface area contributed by atoms with Gasteiger partial charge in [-0.05, 0) is 42.6 Å². The predicted octanol–water partition coefficient (Wildman–Crippen LogP) is 4.03. The number of benzene rings is 1. The summed E-state index contributed by atoms with van der Waals surface area (Å²) in [6.45, 7) is 5.68. The van der Waals surface area contributed by atoms with Gasteiger partial charge in [-0.1, -0.05) is 18.2 Å². The van der Waals surface area contributed by atoms with E-state index in [0.717, 1.165) is 37.6 Å². The van der Waals surface area contributed by atoms with Crippen molar-refractivity contribution in [3.63, 3.8) is 0 Å². The first-order valence-electron chi connectivity index (χ1n) is 10.2. The summed E-state index contributed by atoms with van der Waals surface area (Å²) < 4.78 is 10.8. The van der Waals surface area contributed by atoms with Crippen LogP contribution in [0.2, 0.25) is 0 Å². The molecule has 1 aliphatic rings. The molecule has 0 aliphatic carbocycles. The summed E-state index contributed by atoms with van der Waals surface area (Å²) in [5.41, 5.74) is 1.13. The molecule has 158 valence electrons. The molecule has 1 saturated heterocycles. The zero-order valence-corrected chi connectivity index (χ0v) is 18.1. The maximum atomic E-state index is 12.5. The Morgan fingerprint density at radius 3 is 2.57 bits per heavy atom. The van der Waals surface area contributed by atoms with Gasteiger partial charge < -0.3 is 19.4 Å². The van der Waals surface area contributed by atoms with Crippen LogP contribution in [0.1, 0.15) is 28.4 Å². The van der Waals surface area contributed by atoms with Crippen LogP contribution >= 0.6 is 11.3 Å². The minimum atomic E-state index is -0.179. The molecular formula is C23H27N3O3S. The van der Waals surface area contributed by atoms with E-state index in [4.69, 9.17) is 9.15 Å². The number of thiophene rings is 1. The smallest absolute Gasteiger partial charge is 0.287 e. The normalized spacial score (nSPS) is 16.8. The number of anilines is 1. The molecule has 1 aliphatic heterocycles. The van der Waals surface area contributed by atoms with Crippen LogP contribution in [0.4, 0.5) is 5.69 Å². The van der Waals surface area contributed by atoms with Gasteiger partial charge in [0.2, 0.25) is 0 Å². The highest BCUT2D eigenvalue weighted by Crippen LogP contribution is 2.32. The molecule has 0 radical (unpaired) electrons. The van der Waals surface area contributed by atoms with E-state index in [-0.39, 0.29) is 18.0 Å². The van der Waals surface area contributed by atoms with Crippen LogP contribution in [0.25, 0.3) is 0 Å². The molecule has 1 aromatic carbocycles. The van der Waals surface area contributed by atoms with Gasteiger partial charge in [0.25, 0.3) is 5.91 Å². The Balaban J connectivity index is 1.47. The maximum absolute atomic E-state index is 12.5. The van der Waals surface area contributed by atoms with E-state index < -0.39 is 0 Å². The molecule has 1 fully saturated rings. The third-order valence-electron chi connectivity index (χ3n) is 5.55. The first kappa shape index (κ1) is 20.5. The summed E-state index contributed by atoms with van der Waals surface area (Å²) in [7, 11) is 1.71. The standard InChI is InChI=1S/C23H27N3O3S/c1-17(24-23(27)20-9-5-15-29-20)22(21-10-6-16-30-21)26-13-11-25(12-14-26)18-7-3-4-8-19(18)28-2/h3-10,15-17,22H,11-14H2,1-2H3,(H,24,27)/t17-,22+/m1/s1. The quantitative estimate of drug-likeness (QED) is 0.619. The molecule has 6 nitrogen and oxygen atoms in total. The number of amides is 1. The van der Waals surface area contributed by atoms with Gasteiger partial charge >= 0.3 is 0 Å². The number of ether oxygens (including phenoxy) is 1. The van der Waals surface area contributed by atoms with E-state index in [1.54, 1.807) is 30.6 Å². The lowest BCUT2D eigenvalue weighted by Gasteiger charge is -2.42. The first-order valence-corrected chi connectivity index (χ1v) is 11.0. The van der Waals surface area contributed by atoms with Gasteiger partial charge in [0.1, 0.15) is 5.75 Å². The first-order chi connectivity index (χ1) is 14.7. The minimum absolute atomic E-state index is 0.0564. The van der Waals surface area contributed by atoms with Gasteiger partial charge in [-0.15, -0.1) is 11.3 Å². The van der Waals surface area contributed by atoms with Crippen LogP contribution in [0.3, 0.4) is 0 Å². The highest BCUT2D eigenvalue weighted by Gasteiger charge is 2.31. The fourth-order valence-electron chi connectivity index (χ4n) is 4.10. The van der Waals surface area contributed by atoms with Gasteiger partial charge in [0, 0.05) is 37.1 Å². The SMILES string of the molecule is COc1ccccc1N1CCN([C@H](c2cccs2)[C@@H](C)NC(=O)c2ccco2)CC1. The highest BCUT2D eigenvalue weighted by atomic mass is 32.1. The van der Waals surface area contributed by atoms with Crippen molar-refractivity contribution in [3.05, 3.63) is 70.8 Å². The van der Waals surface area contributed by atoms with Gasteiger partial charge in [-0.2, -0.15) is 0 Å². The third kappa shape index (κ3) is 4.37. The summed E-state index contributed by atoms with van der Waals surface area (Å²) >= 11 is 1.73. The number of furan rings is 1. The fraction of sp³-hybridized carbons (Fsp3) is 0.348. The van der Waals surface area contributed by atoms with Crippen molar-refractivity contribution in [2.24, 2.45) is 0 Å². The average molecular weight is 426 g/mol. The molecule has 0 spiro atoms. The van der Waals surface area contributed by atoms with Crippen LogP contribution in [-0.4, -0.2) is 50.1 Å². The average Bonchev–Trinajstić information content (AvgIpc) is 3.49. The number of rotatable bonds is 7. The van der Waals surface area contributed by atoms with Gasteiger partial charge in [0.05, 0.1) is 25.1 Å². The zero-order chi connectivity index (χ0) is 20.9. The van der Waals surface area contributed by atoms with Crippen molar-refractivity contribution in [3.8, 4) is 5.75 Å². The number of hydrogen-bond donors (Lipinski definition) is 1. The Bertz CT molecular complexity index is 935. The second-order valence-electron chi connectivity index (χ2n) is 7.39. The van der Waals surface area contributed by atoms with Crippen molar-refractivity contribution in [1.29, 1.82) is 0 Å². The predicted molar refractivity (Wildman–Crippen MR) is 119 cm³/mol. The molecule has 3 aromatic rings. The number of carbonyl (C=O) groups excluding carboxylic acids is 1. The Labute approximate surface area is 181 Å². The maximum Gasteiger partial charge on any atom is 0.287 e. The molecule has 3 heterocycles. The third-order valence-corrected chi connectivity index (χ3v) is 6.49. The molecule has 0 bridgehead atoms. The summed E-state index contributed by atoms with van der Waals surface area (Å²) in [6, 6.07) is 15.8. The zero-order valence-electron chi connectivity index (χ0n) is 17.3. The van der Waals surface area contributed by atoms with Crippen molar-refractivity contribution < 1.29 is 13.9 Å². The molecule has 7 heteroatoms. The van der Waals surface area contributed by atoms with Gasteiger partial charge in [-0.3, -0.25) is 9.69 Å². The second kappa shape index (κ2) is 9.36. The van der Waals surface area contributed by atoms with E-state index in [2.05, 4.69) is 45.6 Å². The Kier molecular flexibility index (Phi) is 6.40. The number of hydrogen-bond acceptors (Lipinski definition) is 6. The Hall–Kier alpha value is -2.77.